The van der Waals surface area contributed by atoms with Crippen LogP contribution < -0.4 is 14.8 Å². The van der Waals surface area contributed by atoms with E-state index >= 15 is 0 Å². The highest BCUT2D eigenvalue weighted by Gasteiger charge is 2.35. The highest BCUT2D eigenvalue weighted by Crippen LogP contribution is 2.36. The van der Waals surface area contributed by atoms with Crippen LogP contribution in [-0.2, 0) is 16.1 Å². The average Bonchev–Trinajstić information content (AvgIpc) is 3.14. The number of nitrogens with zero attached hydrogens (tertiary/aromatic N) is 1. The molecule has 1 aliphatic heterocycles. The summed E-state index contributed by atoms with van der Waals surface area (Å²) in [6.45, 7) is 1.84. The number of carbonyl (C=O) groups is 3. The van der Waals surface area contributed by atoms with Crippen LogP contribution in [0.5, 0.6) is 11.5 Å². The summed E-state index contributed by atoms with van der Waals surface area (Å²) in [4.78, 5) is 39.1. The summed E-state index contributed by atoms with van der Waals surface area (Å²) in [5.74, 6) is 0.0251. The normalized spacial score (nSPS) is 14.3. The van der Waals surface area contributed by atoms with Crippen LogP contribution in [0, 0.1) is 6.92 Å². The molecule has 0 atom stereocenters. The van der Waals surface area contributed by atoms with E-state index in [1.807, 2.05) is 31.2 Å². The maximum absolute atomic E-state index is 12.9. The van der Waals surface area contributed by atoms with Gasteiger partial charge in [-0.2, -0.15) is 0 Å². The number of rotatable bonds is 8. The third-order valence-corrected chi connectivity index (χ3v) is 7.02. The quantitative estimate of drug-likeness (QED) is 0.316. The molecule has 0 saturated carbocycles. The largest absolute Gasteiger partial charge is 0.493 e. The summed E-state index contributed by atoms with van der Waals surface area (Å²) in [5, 5.41) is 3.13. The second-order valence-electron chi connectivity index (χ2n) is 8.13. The van der Waals surface area contributed by atoms with Crippen LogP contribution >= 0.6 is 35.0 Å². The summed E-state index contributed by atoms with van der Waals surface area (Å²) < 4.78 is 11.0. The molecular weight excluding hydrogens is 535 g/mol. The van der Waals surface area contributed by atoms with Crippen molar-refractivity contribution >= 4 is 63.8 Å². The average molecular weight is 557 g/mol. The molecule has 3 aromatic rings. The number of thioether (sulfide) groups is 1. The Morgan fingerprint density at radius 2 is 1.76 bits per heavy atom. The Morgan fingerprint density at radius 1 is 1.00 bits per heavy atom. The smallest absolute Gasteiger partial charge is 0.293 e. The van der Waals surface area contributed by atoms with E-state index in [9.17, 15) is 14.4 Å². The topological polar surface area (TPSA) is 84.9 Å². The van der Waals surface area contributed by atoms with Crippen LogP contribution in [0.1, 0.15) is 16.7 Å². The zero-order chi connectivity index (χ0) is 26.5. The summed E-state index contributed by atoms with van der Waals surface area (Å²) in [5.41, 5.74) is 3.09. The van der Waals surface area contributed by atoms with E-state index in [1.165, 1.54) is 7.11 Å². The molecule has 0 radical (unpaired) electrons. The minimum Gasteiger partial charge on any atom is -0.493 e. The number of anilines is 1. The van der Waals surface area contributed by atoms with Gasteiger partial charge in [0.1, 0.15) is 0 Å². The van der Waals surface area contributed by atoms with Crippen LogP contribution in [0.4, 0.5) is 10.5 Å². The lowest BCUT2D eigenvalue weighted by atomic mass is 10.1. The molecule has 0 unspecified atom stereocenters. The van der Waals surface area contributed by atoms with Crippen molar-refractivity contribution in [1.29, 1.82) is 0 Å². The van der Waals surface area contributed by atoms with Gasteiger partial charge in [-0.3, -0.25) is 19.3 Å². The number of benzene rings is 3. The van der Waals surface area contributed by atoms with Gasteiger partial charge < -0.3 is 14.8 Å². The van der Waals surface area contributed by atoms with Crippen molar-refractivity contribution in [3.8, 4) is 11.5 Å². The van der Waals surface area contributed by atoms with Crippen molar-refractivity contribution < 1.29 is 23.9 Å². The molecule has 1 N–H and O–H groups in total. The molecule has 190 valence electrons. The van der Waals surface area contributed by atoms with Crippen LogP contribution in [0.3, 0.4) is 0 Å². The lowest BCUT2D eigenvalue weighted by molar-refractivity contribution is -0.123. The number of carbonyl (C=O) groups excluding carboxylic acids is 3. The molecule has 0 aromatic heterocycles. The Labute approximate surface area is 228 Å². The number of amides is 3. The van der Waals surface area contributed by atoms with Crippen molar-refractivity contribution in [2.45, 2.75) is 13.5 Å². The third kappa shape index (κ3) is 6.65. The molecule has 37 heavy (non-hydrogen) atoms. The highest BCUT2D eigenvalue weighted by atomic mass is 35.5. The van der Waals surface area contributed by atoms with Gasteiger partial charge in [0, 0.05) is 5.69 Å². The molecule has 3 aromatic carbocycles. The fraction of sp³-hybridized carbons (Fsp3) is 0.148. The van der Waals surface area contributed by atoms with Gasteiger partial charge in [0.2, 0.25) is 0 Å². The molecule has 3 amide bonds. The fourth-order valence-electron chi connectivity index (χ4n) is 3.48. The number of halogens is 2. The number of nitrogens with one attached hydrogen (secondary N) is 1. The summed E-state index contributed by atoms with van der Waals surface area (Å²) in [6, 6.07) is 17.4. The van der Waals surface area contributed by atoms with Gasteiger partial charge in [-0.15, -0.1) is 0 Å². The Bertz CT molecular complexity index is 1390. The number of methoxy groups -OCH3 is 1. The van der Waals surface area contributed by atoms with E-state index in [1.54, 1.807) is 42.5 Å². The predicted molar refractivity (Wildman–Crippen MR) is 146 cm³/mol. The van der Waals surface area contributed by atoms with E-state index in [0.717, 1.165) is 22.2 Å². The molecule has 0 bridgehead atoms. The van der Waals surface area contributed by atoms with Gasteiger partial charge >= 0.3 is 0 Å². The molecule has 1 aliphatic rings. The van der Waals surface area contributed by atoms with Gasteiger partial charge in [0.25, 0.3) is 17.1 Å². The minimum atomic E-state index is -0.409. The van der Waals surface area contributed by atoms with E-state index in [0.29, 0.717) is 38.4 Å². The van der Waals surface area contributed by atoms with Crippen LogP contribution in [-0.4, -0.2) is 35.7 Å². The lowest BCUT2D eigenvalue weighted by Gasteiger charge is -2.13. The first kappa shape index (κ1) is 26.6. The number of hydrogen-bond donors (Lipinski definition) is 1. The van der Waals surface area contributed by atoms with Crippen LogP contribution in [0.15, 0.2) is 65.6 Å². The lowest BCUT2D eigenvalue weighted by Crippen LogP contribution is -2.27. The molecule has 4 rings (SSSR count). The molecule has 1 saturated heterocycles. The van der Waals surface area contributed by atoms with Gasteiger partial charge in [-0.25, -0.2) is 0 Å². The van der Waals surface area contributed by atoms with E-state index in [-0.39, 0.29) is 29.2 Å². The summed E-state index contributed by atoms with van der Waals surface area (Å²) in [7, 11) is 1.48. The first-order valence-electron chi connectivity index (χ1n) is 11.1. The Hall–Kier alpha value is -3.46. The minimum absolute atomic E-state index is 0.0830. The number of ether oxygens (including phenoxy) is 2. The number of hydrogen-bond acceptors (Lipinski definition) is 6. The van der Waals surface area contributed by atoms with E-state index in [2.05, 4.69) is 5.32 Å². The third-order valence-electron chi connectivity index (χ3n) is 5.38. The van der Waals surface area contributed by atoms with Crippen molar-refractivity contribution in [1.82, 2.24) is 4.90 Å². The summed E-state index contributed by atoms with van der Waals surface area (Å²) >= 11 is 12.8. The summed E-state index contributed by atoms with van der Waals surface area (Å²) in [6.07, 6.45) is 1.61. The molecule has 0 aliphatic carbocycles. The standard InChI is InChI=1S/C27H22Cl2N2O5S/c1-16-3-7-19(8-4-16)30-25(32)15-36-22-10-6-17(12-23(22)35-2)13-24-26(33)31(27(34)37-24)14-18-5-9-20(28)21(29)11-18/h3-13H,14-15H2,1-2H3,(H,30,32)/b24-13+. The fourth-order valence-corrected chi connectivity index (χ4v) is 4.64. The molecule has 7 nitrogen and oxygen atoms in total. The first-order chi connectivity index (χ1) is 17.7. The second kappa shape index (κ2) is 11.7. The zero-order valence-electron chi connectivity index (χ0n) is 19.9. The van der Waals surface area contributed by atoms with Crippen molar-refractivity contribution in [2.75, 3.05) is 19.0 Å². The number of aryl methyl sites for hydroxylation is 1. The Kier molecular flexibility index (Phi) is 8.43. The first-order valence-corrected chi connectivity index (χ1v) is 12.7. The molecular formula is C27H22Cl2N2O5S. The van der Waals surface area contributed by atoms with Gasteiger partial charge in [-0.1, -0.05) is 53.0 Å². The van der Waals surface area contributed by atoms with Crippen LogP contribution in [0.2, 0.25) is 10.0 Å². The Balaban J connectivity index is 1.42. The number of imide groups is 1. The maximum Gasteiger partial charge on any atom is 0.293 e. The monoisotopic (exact) mass is 556 g/mol. The van der Waals surface area contributed by atoms with Gasteiger partial charge in [-0.05, 0) is 72.3 Å². The van der Waals surface area contributed by atoms with Crippen molar-refractivity contribution in [2.24, 2.45) is 0 Å². The van der Waals surface area contributed by atoms with Crippen LogP contribution in [0.25, 0.3) is 6.08 Å². The molecule has 10 heteroatoms. The maximum atomic E-state index is 12.9. The molecule has 1 fully saturated rings. The van der Waals surface area contributed by atoms with Crippen molar-refractivity contribution in [3.05, 3.63) is 92.3 Å². The van der Waals surface area contributed by atoms with Gasteiger partial charge in [0.05, 0.1) is 28.6 Å². The van der Waals surface area contributed by atoms with E-state index < -0.39 is 5.91 Å². The van der Waals surface area contributed by atoms with Gasteiger partial charge in [0.15, 0.2) is 18.1 Å². The molecule has 0 spiro atoms. The predicted octanol–water partition coefficient (Wildman–Crippen LogP) is 6.56. The zero-order valence-corrected chi connectivity index (χ0v) is 22.2. The molecule has 1 heterocycles. The Morgan fingerprint density at radius 3 is 2.46 bits per heavy atom. The second-order valence-corrected chi connectivity index (χ2v) is 9.94. The van der Waals surface area contributed by atoms with E-state index in [4.69, 9.17) is 32.7 Å². The SMILES string of the molecule is COc1cc(/C=C2/SC(=O)N(Cc3ccc(Cl)c(Cl)c3)C2=O)ccc1OCC(=O)Nc1ccc(C)cc1. The van der Waals surface area contributed by atoms with Crippen molar-refractivity contribution in [3.63, 3.8) is 0 Å². The highest BCUT2D eigenvalue weighted by molar-refractivity contribution is 8.18.